The minimum atomic E-state index is -0.915. The van der Waals surface area contributed by atoms with Crippen molar-refractivity contribution in [3.05, 3.63) is 95.7 Å². The molecule has 1 heterocycles. The third kappa shape index (κ3) is 4.02. The fourth-order valence-electron chi connectivity index (χ4n) is 4.38. The van der Waals surface area contributed by atoms with E-state index in [1.165, 1.54) is 42.4 Å². The Bertz CT molecular complexity index is 1280. The lowest BCUT2D eigenvalue weighted by Crippen LogP contribution is -2.02. The Morgan fingerprint density at radius 3 is 2.55 bits per heavy atom. The number of aromatic carboxylic acids is 1. The van der Waals surface area contributed by atoms with E-state index in [0.29, 0.717) is 12.1 Å². The van der Waals surface area contributed by atoms with Gasteiger partial charge in [-0.15, -0.1) is 0 Å². The van der Waals surface area contributed by atoms with Gasteiger partial charge >= 0.3 is 5.97 Å². The Morgan fingerprint density at radius 1 is 0.968 bits per heavy atom. The zero-order valence-electron chi connectivity index (χ0n) is 17.3. The van der Waals surface area contributed by atoms with Crippen LogP contribution in [0, 0.1) is 0 Å². The fraction of sp³-hybridized carbons (Fsp3) is 0.185. The van der Waals surface area contributed by atoms with Gasteiger partial charge in [0.15, 0.2) is 0 Å². The Hall–Kier alpha value is -3.66. The third-order valence-corrected chi connectivity index (χ3v) is 5.97. The summed E-state index contributed by atoms with van der Waals surface area (Å²) in [6.07, 6.45) is 9.36. The molecule has 4 nitrogen and oxygen atoms in total. The highest BCUT2D eigenvalue weighted by atomic mass is 16.4. The molecule has 0 atom stereocenters. The molecule has 0 fully saturated rings. The van der Waals surface area contributed by atoms with Crippen LogP contribution in [0.25, 0.3) is 27.6 Å². The van der Waals surface area contributed by atoms with E-state index in [1.54, 1.807) is 18.2 Å². The molecule has 3 aromatic carbocycles. The van der Waals surface area contributed by atoms with Gasteiger partial charge in [-0.1, -0.05) is 54.6 Å². The van der Waals surface area contributed by atoms with Crippen molar-refractivity contribution >= 4 is 22.4 Å². The van der Waals surface area contributed by atoms with Crippen molar-refractivity contribution in [2.75, 3.05) is 0 Å². The van der Waals surface area contributed by atoms with E-state index in [9.17, 15) is 9.90 Å². The van der Waals surface area contributed by atoms with Crippen molar-refractivity contribution in [3.8, 4) is 11.1 Å². The Labute approximate surface area is 181 Å². The molecule has 4 aromatic rings. The zero-order valence-corrected chi connectivity index (χ0v) is 17.3. The number of hydrogen-bond donors (Lipinski definition) is 1. The maximum absolute atomic E-state index is 11.2. The molecule has 0 saturated carbocycles. The minimum Gasteiger partial charge on any atom is -0.478 e. The number of carbonyl (C=O) groups is 1. The molecular weight excluding hydrogens is 384 g/mol. The zero-order chi connectivity index (χ0) is 21.2. The largest absolute Gasteiger partial charge is 0.478 e. The molecule has 0 radical (unpaired) electrons. The van der Waals surface area contributed by atoms with E-state index >= 15 is 0 Å². The number of benzene rings is 3. The van der Waals surface area contributed by atoms with Crippen LogP contribution in [0.4, 0.5) is 0 Å². The van der Waals surface area contributed by atoms with Crippen molar-refractivity contribution in [2.45, 2.75) is 32.2 Å². The van der Waals surface area contributed by atoms with Crippen LogP contribution in [0.3, 0.4) is 0 Å². The molecule has 0 aliphatic heterocycles. The van der Waals surface area contributed by atoms with Gasteiger partial charge in [0.2, 0.25) is 0 Å². The third-order valence-electron chi connectivity index (χ3n) is 5.97. The number of fused-ring (bicyclic) bond motifs is 1. The van der Waals surface area contributed by atoms with Crippen LogP contribution >= 0.6 is 0 Å². The van der Waals surface area contributed by atoms with E-state index in [0.717, 1.165) is 22.0 Å². The average molecular weight is 409 g/mol. The maximum atomic E-state index is 11.2. The van der Waals surface area contributed by atoms with Crippen LogP contribution in [0.15, 0.2) is 79.0 Å². The normalized spacial score (nSPS) is 13.9. The van der Waals surface area contributed by atoms with Crippen LogP contribution in [0.1, 0.15) is 47.2 Å². The summed E-state index contributed by atoms with van der Waals surface area (Å²) in [5, 5.41) is 15.0. The van der Waals surface area contributed by atoms with E-state index in [-0.39, 0.29) is 0 Å². The van der Waals surface area contributed by atoms with Gasteiger partial charge in [-0.25, -0.2) is 4.79 Å². The van der Waals surface area contributed by atoms with Gasteiger partial charge in [-0.05, 0) is 71.7 Å². The number of hydrogen-bond acceptors (Lipinski definition) is 2. The van der Waals surface area contributed by atoms with Crippen LogP contribution in [0.5, 0.6) is 0 Å². The monoisotopic (exact) mass is 408 g/mol. The summed E-state index contributed by atoms with van der Waals surface area (Å²) in [6, 6.07) is 22.1. The van der Waals surface area contributed by atoms with E-state index in [2.05, 4.69) is 42.6 Å². The molecule has 1 aliphatic carbocycles. The highest BCUT2D eigenvalue weighted by molar-refractivity contribution is 5.94. The molecule has 0 amide bonds. The lowest BCUT2D eigenvalue weighted by molar-refractivity contribution is 0.0696. The lowest BCUT2D eigenvalue weighted by Gasteiger charge is -2.13. The molecule has 0 unspecified atom stereocenters. The molecule has 1 N–H and O–H groups in total. The first-order valence-electron chi connectivity index (χ1n) is 10.8. The van der Waals surface area contributed by atoms with E-state index < -0.39 is 5.97 Å². The SMILES string of the molecule is O=C(O)c1cccc(Cn2cc3c(-c4ccc(C5=CCCCC5)cc4)cccc3n2)c1. The van der Waals surface area contributed by atoms with Crippen molar-refractivity contribution in [2.24, 2.45) is 0 Å². The summed E-state index contributed by atoms with van der Waals surface area (Å²) >= 11 is 0. The fourth-order valence-corrected chi connectivity index (χ4v) is 4.38. The quantitative estimate of drug-likeness (QED) is 0.415. The lowest BCUT2D eigenvalue weighted by atomic mass is 9.92. The summed E-state index contributed by atoms with van der Waals surface area (Å²) in [4.78, 5) is 11.2. The number of nitrogens with zero attached hydrogens (tertiary/aromatic N) is 2. The molecule has 0 bridgehead atoms. The molecule has 31 heavy (non-hydrogen) atoms. The number of carboxylic acid groups (broad SMARTS) is 1. The second kappa shape index (κ2) is 8.23. The summed E-state index contributed by atoms with van der Waals surface area (Å²) in [5.74, 6) is -0.915. The summed E-state index contributed by atoms with van der Waals surface area (Å²) in [7, 11) is 0. The average Bonchev–Trinajstić information content (AvgIpc) is 3.22. The maximum Gasteiger partial charge on any atom is 0.335 e. The Morgan fingerprint density at radius 2 is 1.77 bits per heavy atom. The summed E-state index contributed by atoms with van der Waals surface area (Å²) in [6.45, 7) is 0.530. The second-order valence-corrected chi connectivity index (χ2v) is 8.12. The molecular formula is C27H24N2O2. The predicted molar refractivity (Wildman–Crippen MR) is 124 cm³/mol. The van der Waals surface area contributed by atoms with Crippen molar-refractivity contribution in [1.82, 2.24) is 9.78 Å². The van der Waals surface area contributed by atoms with Gasteiger partial charge in [0, 0.05) is 11.6 Å². The second-order valence-electron chi connectivity index (χ2n) is 8.12. The number of rotatable bonds is 5. The molecule has 5 rings (SSSR count). The van der Waals surface area contributed by atoms with Gasteiger partial charge in [0.05, 0.1) is 17.6 Å². The number of aromatic nitrogens is 2. The first-order valence-corrected chi connectivity index (χ1v) is 10.8. The Kier molecular flexibility index (Phi) is 5.13. The summed E-state index contributed by atoms with van der Waals surface area (Å²) < 4.78 is 1.89. The number of allylic oxidation sites excluding steroid dienone is 2. The van der Waals surface area contributed by atoms with Gasteiger partial charge in [-0.3, -0.25) is 4.68 Å². The molecule has 1 aliphatic rings. The molecule has 0 saturated heterocycles. The molecule has 4 heteroatoms. The Balaban J connectivity index is 1.45. The van der Waals surface area contributed by atoms with Crippen molar-refractivity contribution < 1.29 is 9.90 Å². The van der Waals surface area contributed by atoms with Crippen LogP contribution < -0.4 is 0 Å². The smallest absolute Gasteiger partial charge is 0.335 e. The van der Waals surface area contributed by atoms with Crippen LogP contribution in [-0.2, 0) is 6.54 Å². The molecule has 0 spiro atoms. The molecule has 154 valence electrons. The van der Waals surface area contributed by atoms with Crippen LogP contribution in [-0.4, -0.2) is 20.9 Å². The summed E-state index contributed by atoms with van der Waals surface area (Å²) in [5.41, 5.74) is 7.27. The van der Waals surface area contributed by atoms with Gasteiger partial charge in [0.1, 0.15) is 0 Å². The minimum absolute atomic E-state index is 0.295. The highest BCUT2D eigenvalue weighted by Crippen LogP contribution is 2.31. The first kappa shape index (κ1) is 19.3. The standard InChI is InChI=1S/C27H24N2O2/c30-27(31)23-9-4-6-19(16-23)17-29-18-25-24(10-5-11-26(25)28-29)22-14-12-21(13-15-22)20-7-2-1-3-8-20/h4-7,9-16,18H,1-3,8,17H2,(H,30,31). The van der Waals surface area contributed by atoms with Gasteiger partial charge in [-0.2, -0.15) is 5.10 Å². The van der Waals surface area contributed by atoms with Gasteiger partial charge < -0.3 is 5.11 Å². The highest BCUT2D eigenvalue weighted by Gasteiger charge is 2.11. The van der Waals surface area contributed by atoms with E-state index in [1.807, 2.05) is 22.9 Å². The van der Waals surface area contributed by atoms with Crippen molar-refractivity contribution in [3.63, 3.8) is 0 Å². The predicted octanol–water partition coefficient (Wildman–Crippen LogP) is 6.41. The van der Waals surface area contributed by atoms with Crippen LogP contribution in [0.2, 0.25) is 0 Å². The molecule has 1 aromatic heterocycles. The topological polar surface area (TPSA) is 55.1 Å². The van der Waals surface area contributed by atoms with Gasteiger partial charge in [0.25, 0.3) is 0 Å². The van der Waals surface area contributed by atoms with E-state index in [4.69, 9.17) is 5.10 Å². The van der Waals surface area contributed by atoms with Crippen molar-refractivity contribution in [1.29, 1.82) is 0 Å². The number of carboxylic acids is 1. The first-order chi connectivity index (χ1) is 15.2.